The van der Waals surface area contributed by atoms with Crippen LogP contribution in [0.4, 0.5) is 0 Å². The van der Waals surface area contributed by atoms with Gasteiger partial charge in [0.25, 0.3) is 0 Å². The minimum atomic E-state index is -0.833. The van der Waals surface area contributed by atoms with E-state index in [0.717, 1.165) is 3.57 Å². The van der Waals surface area contributed by atoms with E-state index in [4.69, 9.17) is 11.6 Å². The average molecular weight is 340 g/mol. The van der Waals surface area contributed by atoms with Crippen molar-refractivity contribution in [1.29, 1.82) is 0 Å². The molecule has 1 N–H and O–H groups in total. The Balaban J connectivity index is 2.95. The van der Waals surface area contributed by atoms with Crippen molar-refractivity contribution in [2.75, 3.05) is 14.1 Å². The molecule has 1 atom stereocenters. The first-order valence-electron chi connectivity index (χ1n) is 4.21. The van der Waals surface area contributed by atoms with Crippen LogP contribution in [-0.4, -0.2) is 35.4 Å². The van der Waals surface area contributed by atoms with Crippen molar-refractivity contribution in [2.45, 2.75) is 6.10 Å². The van der Waals surface area contributed by atoms with E-state index >= 15 is 0 Å². The highest BCUT2D eigenvalue weighted by Gasteiger charge is 2.13. The van der Waals surface area contributed by atoms with E-state index in [0.29, 0.717) is 10.7 Å². The lowest BCUT2D eigenvalue weighted by Gasteiger charge is -2.10. The van der Waals surface area contributed by atoms with Gasteiger partial charge in [-0.25, -0.2) is 4.98 Å². The van der Waals surface area contributed by atoms with Gasteiger partial charge in [0.15, 0.2) is 0 Å². The molecule has 0 saturated carbocycles. The van der Waals surface area contributed by atoms with Crippen molar-refractivity contribution < 1.29 is 5.11 Å². The van der Waals surface area contributed by atoms with Crippen LogP contribution in [0.5, 0.6) is 0 Å². The first kappa shape index (κ1) is 12.7. The Morgan fingerprint density at radius 1 is 1.67 bits per heavy atom. The summed E-state index contributed by atoms with van der Waals surface area (Å²) in [5.41, 5.74) is 0.588. The molecule has 4 nitrogen and oxygen atoms in total. The van der Waals surface area contributed by atoms with Gasteiger partial charge in [0.2, 0.25) is 0 Å². The topological polar surface area (TPSA) is 48.7 Å². The lowest BCUT2D eigenvalue weighted by molar-refractivity contribution is 0.248. The molecular weight excluding hydrogens is 328 g/mol. The number of hydrazone groups is 1. The maximum Gasteiger partial charge on any atom is 0.136 e. The number of aliphatic hydroxyl groups is 1. The smallest absolute Gasteiger partial charge is 0.136 e. The quantitative estimate of drug-likeness (QED) is 0.396. The minimum Gasteiger partial charge on any atom is -0.382 e. The molecule has 0 fully saturated rings. The minimum absolute atomic E-state index is 0.305. The van der Waals surface area contributed by atoms with Gasteiger partial charge in [-0.1, -0.05) is 11.6 Å². The van der Waals surface area contributed by atoms with E-state index in [2.05, 4.69) is 32.7 Å². The molecule has 0 aliphatic rings. The highest BCUT2D eigenvalue weighted by molar-refractivity contribution is 14.1. The third kappa shape index (κ3) is 3.58. The third-order valence-electron chi connectivity index (χ3n) is 1.62. The molecule has 0 bridgehead atoms. The molecule has 0 saturated heterocycles. The van der Waals surface area contributed by atoms with Crippen LogP contribution in [0.3, 0.4) is 0 Å². The van der Waals surface area contributed by atoms with E-state index in [1.165, 1.54) is 6.21 Å². The van der Waals surface area contributed by atoms with Crippen LogP contribution in [0.2, 0.25) is 5.15 Å². The van der Waals surface area contributed by atoms with Crippen molar-refractivity contribution in [3.63, 3.8) is 0 Å². The largest absolute Gasteiger partial charge is 0.382 e. The average Bonchev–Trinajstić information content (AvgIpc) is 2.14. The number of aliphatic hydroxyl groups excluding tert-OH is 1. The molecule has 0 radical (unpaired) electrons. The van der Waals surface area contributed by atoms with Crippen LogP contribution in [0.15, 0.2) is 17.4 Å². The number of aromatic nitrogens is 1. The second-order valence-corrected chi connectivity index (χ2v) is 4.57. The molecule has 1 heterocycles. The van der Waals surface area contributed by atoms with Crippen LogP contribution >= 0.6 is 34.2 Å². The Morgan fingerprint density at radius 2 is 2.33 bits per heavy atom. The predicted octanol–water partition coefficient (Wildman–Crippen LogP) is 1.92. The summed E-state index contributed by atoms with van der Waals surface area (Å²) < 4.78 is 0.866. The molecular formula is C9H11ClIN3O. The number of pyridine rings is 1. The molecule has 0 aliphatic heterocycles. The van der Waals surface area contributed by atoms with E-state index in [1.54, 1.807) is 31.4 Å². The molecule has 0 amide bonds. The monoisotopic (exact) mass is 339 g/mol. The molecule has 1 rings (SSSR count). The number of halogens is 2. The lowest BCUT2D eigenvalue weighted by Crippen LogP contribution is -2.08. The first-order valence-corrected chi connectivity index (χ1v) is 5.67. The first-order chi connectivity index (χ1) is 7.02. The molecule has 1 aromatic rings. The Kier molecular flexibility index (Phi) is 4.75. The van der Waals surface area contributed by atoms with E-state index in [9.17, 15) is 5.11 Å². The maximum absolute atomic E-state index is 9.83. The fourth-order valence-corrected chi connectivity index (χ4v) is 2.13. The van der Waals surface area contributed by atoms with Crippen molar-refractivity contribution in [2.24, 2.45) is 5.10 Å². The Hall–Kier alpha value is -0.400. The van der Waals surface area contributed by atoms with Gasteiger partial charge in [0.05, 0.1) is 6.21 Å². The second-order valence-electron chi connectivity index (χ2n) is 3.05. The van der Waals surface area contributed by atoms with Gasteiger partial charge in [0, 0.05) is 29.4 Å². The number of nitrogens with zero attached hydrogens (tertiary/aromatic N) is 3. The molecule has 6 heteroatoms. The molecule has 82 valence electrons. The fourth-order valence-electron chi connectivity index (χ4n) is 0.960. The van der Waals surface area contributed by atoms with E-state index in [-0.39, 0.29) is 0 Å². The van der Waals surface area contributed by atoms with Crippen molar-refractivity contribution in [3.05, 3.63) is 26.5 Å². The van der Waals surface area contributed by atoms with E-state index in [1.807, 2.05) is 0 Å². The van der Waals surface area contributed by atoms with Gasteiger partial charge in [-0.2, -0.15) is 5.10 Å². The summed E-state index contributed by atoms with van der Waals surface area (Å²) in [6.45, 7) is 0. The standard InChI is InChI=1S/C9H11ClIN3O/c1-14(2)13-5-7(15)8-6(11)3-4-12-9(8)10/h3-5,7,15H,1-2H3/b13-5+. The Labute approximate surface area is 107 Å². The van der Waals surface area contributed by atoms with Crippen LogP contribution in [0, 0.1) is 3.57 Å². The Morgan fingerprint density at radius 3 is 2.87 bits per heavy atom. The number of rotatable bonds is 3. The van der Waals surface area contributed by atoms with E-state index < -0.39 is 6.10 Å². The van der Waals surface area contributed by atoms with Gasteiger partial charge in [-0.3, -0.25) is 0 Å². The highest BCUT2D eigenvalue weighted by Crippen LogP contribution is 2.24. The fraction of sp³-hybridized carbons (Fsp3) is 0.333. The molecule has 0 spiro atoms. The zero-order valence-corrected chi connectivity index (χ0v) is 11.3. The van der Waals surface area contributed by atoms with Crippen molar-refractivity contribution in [1.82, 2.24) is 9.99 Å². The number of hydrogen-bond acceptors (Lipinski definition) is 4. The lowest BCUT2D eigenvalue weighted by atomic mass is 10.2. The number of hydrogen-bond donors (Lipinski definition) is 1. The van der Waals surface area contributed by atoms with Crippen molar-refractivity contribution >= 4 is 40.4 Å². The molecule has 15 heavy (non-hydrogen) atoms. The van der Waals surface area contributed by atoms with Gasteiger partial charge in [-0.15, -0.1) is 0 Å². The summed E-state index contributed by atoms with van der Waals surface area (Å²) in [4.78, 5) is 3.91. The zero-order chi connectivity index (χ0) is 11.4. The predicted molar refractivity (Wildman–Crippen MR) is 69.1 cm³/mol. The van der Waals surface area contributed by atoms with Crippen LogP contribution in [-0.2, 0) is 0 Å². The SMILES string of the molecule is CN(C)/N=C/C(O)c1c(I)ccnc1Cl. The molecule has 0 aliphatic carbocycles. The Bertz CT molecular complexity index is 350. The zero-order valence-electron chi connectivity index (χ0n) is 8.35. The van der Waals surface area contributed by atoms with Crippen molar-refractivity contribution in [3.8, 4) is 0 Å². The van der Waals surface area contributed by atoms with Crippen LogP contribution in [0.1, 0.15) is 11.7 Å². The van der Waals surface area contributed by atoms with Gasteiger partial charge in [-0.05, 0) is 28.7 Å². The van der Waals surface area contributed by atoms with Gasteiger partial charge in [0.1, 0.15) is 11.3 Å². The van der Waals surface area contributed by atoms with Crippen LogP contribution < -0.4 is 0 Å². The summed E-state index contributed by atoms with van der Waals surface area (Å²) in [5, 5.41) is 15.7. The normalized spacial score (nSPS) is 13.1. The maximum atomic E-state index is 9.83. The summed E-state index contributed by atoms with van der Waals surface area (Å²) in [6.07, 6.45) is 2.19. The summed E-state index contributed by atoms with van der Waals surface area (Å²) in [5.74, 6) is 0. The molecule has 1 unspecified atom stereocenters. The summed E-state index contributed by atoms with van der Waals surface area (Å²) in [6, 6.07) is 1.79. The van der Waals surface area contributed by atoms with Gasteiger partial charge >= 0.3 is 0 Å². The van der Waals surface area contributed by atoms with Gasteiger partial charge < -0.3 is 10.1 Å². The summed E-state index contributed by atoms with van der Waals surface area (Å²) >= 11 is 7.99. The molecule has 1 aromatic heterocycles. The summed E-state index contributed by atoms with van der Waals surface area (Å²) in [7, 11) is 3.55. The third-order valence-corrected chi connectivity index (χ3v) is 2.86. The highest BCUT2D eigenvalue weighted by atomic mass is 127. The second kappa shape index (κ2) is 5.62. The molecule has 0 aromatic carbocycles. The van der Waals surface area contributed by atoms with Crippen LogP contribution in [0.25, 0.3) is 0 Å².